The van der Waals surface area contributed by atoms with Gasteiger partial charge >= 0.3 is 0 Å². The van der Waals surface area contributed by atoms with Crippen LogP contribution in [0.4, 0.5) is 16.6 Å². The van der Waals surface area contributed by atoms with Gasteiger partial charge in [-0.2, -0.15) is 10.4 Å². The average Bonchev–Trinajstić information content (AvgIpc) is 3.85. The zero-order valence-corrected chi connectivity index (χ0v) is 30.8. The van der Waals surface area contributed by atoms with Gasteiger partial charge < -0.3 is 15.1 Å². The Morgan fingerprint density at radius 2 is 1.74 bits per heavy atom. The lowest BCUT2D eigenvalue weighted by Gasteiger charge is -2.39. The molecular weight excluding hydrogens is 701 g/mol. The van der Waals surface area contributed by atoms with Gasteiger partial charge in [-0.05, 0) is 80.3 Å². The molecule has 14 nitrogen and oxygen atoms in total. The third-order valence-electron chi connectivity index (χ3n) is 11.4. The summed E-state index contributed by atoms with van der Waals surface area (Å²) >= 11 is 1.63. The highest BCUT2D eigenvalue weighted by Crippen LogP contribution is 2.38. The van der Waals surface area contributed by atoms with Gasteiger partial charge in [0, 0.05) is 76.4 Å². The van der Waals surface area contributed by atoms with Crippen molar-refractivity contribution in [3.63, 3.8) is 0 Å². The number of aromatic nitrogens is 6. The van der Waals surface area contributed by atoms with Crippen molar-refractivity contribution in [1.82, 2.24) is 40.0 Å². The molecule has 1 saturated carbocycles. The van der Waals surface area contributed by atoms with Gasteiger partial charge in [-0.25, -0.2) is 9.50 Å². The molecule has 3 aliphatic heterocycles. The van der Waals surface area contributed by atoms with Crippen LogP contribution >= 0.6 is 11.3 Å². The monoisotopic (exact) mass is 742 g/mol. The van der Waals surface area contributed by atoms with Gasteiger partial charge in [-0.1, -0.05) is 17.4 Å². The van der Waals surface area contributed by atoms with Gasteiger partial charge in [0.1, 0.15) is 11.9 Å². The Hall–Kier alpha value is -5.46. The molecular formula is C39H42N12O2S. The van der Waals surface area contributed by atoms with E-state index in [0.717, 1.165) is 121 Å². The summed E-state index contributed by atoms with van der Waals surface area (Å²) in [7, 11) is 0. The van der Waals surface area contributed by atoms with Gasteiger partial charge in [-0.15, -0.1) is 10.2 Å². The van der Waals surface area contributed by atoms with Crippen molar-refractivity contribution >= 4 is 45.3 Å². The highest BCUT2D eigenvalue weighted by Gasteiger charge is 2.30. The van der Waals surface area contributed by atoms with Crippen molar-refractivity contribution in [1.29, 1.82) is 5.26 Å². The number of anilines is 3. The fourth-order valence-corrected chi connectivity index (χ4v) is 8.92. The Labute approximate surface area is 317 Å². The number of nitrogens with zero attached hydrogens (tertiary/aromatic N) is 10. The van der Waals surface area contributed by atoms with E-state index in [1.165, 1.54) is 6.42 Å². The van der Waals surface area contributed by atoms with E-state index in [9.17, 15) is 14.9 Å². The molecule has 5 aromatic rings. The standard InChI is InChI=1S/C39H42N12O2S/c40-20-26-18-29-5-7-34(51(29)43-21-26)33-19-32(44-28-2-1-3-28)31(23-41-33)38-46-47-39(54-38)50-16-14-48(15-17-50)24-25-10-12-49(13-11-25)35-8-4-27(22-42-35)30-6-9-36(52)45-37(30)53/h4-5,7-8,18-19,21-23,25,28,30H,1-3,6,9-17,24H2,(H,41,44)(H,45,52,53)/t30-/m1/s1. The molecule has 8 heterocycles. The van der Waals surface area contributed by atoms with Crippen LogP contribution in [0.15, 0.2) is 55.0 Å². The van der Waals surface area contributed by atoms with Gasteiger partial charge in [0.2, 0.25) is 16.9 Å². The molecule has 2 amide bonds. The van der Waals surface area contributed by atoms with Crippen molar-refractivity contribution in [3.8, 4) is 28.0 Å². The zero-order valence-electron chi connectivity index (χ0n) is 30.0. The Kier molecular flexibility index (Phi) is 9.38. The Balaban J connectivity index is 0.798. The largest absolute Gasteiger partial charge is 0.382 e. The second kappa shape index (κ2) is 14.8. The van der Waals surface area contributed by atoms with Crippen molar-refractivity contribution in [2.24, 2.45) is 5.92 Å². The smallest absolute Gasteiger partial charge is 0.234 e. The summed E-state index contributed by atoms with van der Waals surface area (Å²) in [5.41, 5.74) is 5.90. The molecule has 1 atom stereocenters. The number of carbonyl (C=O) groups is 2. The quantitative estimate of drug-likeness (QED) is 0.201. The van der Waals surface area contributed by atoms with Crippen LogP contribution in [0.1, 0.15) is 62.0 Å². The summed E-state index contributed by atoms with van der Waals surface area (Å²) in [6.07, 6.45) is 12.0. The molecule has 3 saturated heterocycles. The van der Waals surface area contributed by atoms with E-state index in [-0.39, 0.29) is 17.7 Å². The van der Waals surface area contributed by atoms with E-state index >= 15 is 0 Å². The average molecular weight is 743 g/mol. The molecule has 0 radical (unpaired) electrons. The molecule has 1 aliphatic carbocycles. The van der Waals surface area contributed by atoms with Gasteiger partial charge in [-0.3, -0.25) is 24.8 Å². The molecule has 9 rings (SSSR count). The molecule has 2 N–H and O–H groups in total. The van der Waals surface area contributed by atoms with Crippen LogP contribution in [-0.4, -0.2) is 98.3 Å². The van der Waals surface area contributed by atoms with Crippen molar-refractivity contribution in [3.05, 3.63) is 66.1 Å². The fraction of sp³-hybridized carbons (Fsp3) is 0.436. The van der Waals surface area contributed by atoms with E-state index in [4.69, 9.17) is 9.97 Å². The van der Waals surface area contributed by atoms with Crippen LogP contribution < -0.4 is 20.4 Å². The zero-order chi connectivity index (χ0) is 36.6. The Bertz CT molecular complexity index is 2210. The van der Waals surface area contributed by atoms with E-state index in [1.54, 1.807) is 23.7 Å². The van der Waals surface area contributed by atoms with Crippen LogP contribution in [0.3, 0.4) is 0 Å². The molecule has 0 unspecified atom stereocenters. The number of nitrogens with one attached hydrogen (secondary N) is 2. The fourth-order valence-electron chi connectivity index (χ4n) is 8.00. The summed E-state index contributed by atoms with van der Waals surface area (Å²) in [6.45, 7) is 6.88. The number of amides is 2. The highest BCUT2D eigenvalue weighted by molar-refractivity contribution is 7.18. The van der Waals surface area contributed by atoms with E-state index in [0.29, 0.717) is 30.4 Å². The maximum absolute atomic E-state index is 12.3. The van der Waals surface area contributed by atoms with Gasteiger partial charge in [0.15, 0.2) is 5.01 Å². The van der Waals surface area contributed by atoms with Crippen LogP contribution in [0.25, 0.3) is 27.5 Å². The summed E-state index contributed by atoms with van der Waals surface area (Å²) in [5, 5.41) is 31.1. The lowest BCUT2D eigenvalue weighted by Crippen LogP contribution is -2.49. The van der Waals surface area contributed by atoms with Gasteiger partial charge in [0.25, 0.3) is 0 Å². The number of carbonyl (C=O) groups excluding carboxylic acids is 2. The first-order chi connectivity index (χ1) is 26.5. The van der Waals surface area contributed by atoms with Crippen molar-refractivity contribution in [2.75, 3.05) is 60.9 Å². The number of pyridine rings is 2. The summed E-state index contributed by atoms with van der Waals surface area (Å²) in [4.78, 5) is 40.7. The normalized spacial score (nSPS) is 20.2. The van der Waals surface area contributed by atoms with Crippen molar-refractivity contribution < 1.29 is 9.59 Å². The van der Waals surface area contributed by atoms with E-state index < -0.39 is 0 Å². The second-order valence-electron chi connectivity index (χ2n) is 14.9. The number of rotatable bonds is 9. The molecule has 54 heavy (non-hydrogen) atoms. The summed E-state index contributed by atoms with van der Waals surface area (Å²) < 4.78 is 1.83. The molecule has 0 aromatic carbocycles. The number of piperidine rings is 2. The molecule has 0 bridgehead atoms. The van der Waals surface area contributed by atoms with Crippen molar-refractivity contribution in [2.45, 2.75) is 56.9 Å². The molecule has 0 spiro atoms. The minimum absolute atomic E-state index is 0.196. The number of hydrogen-bond donors (Lipinski definition) is 2. The van der Waals surface area contributed by atoms with Crippen LogP contribution in [0, 0.1) is 17.2 Å². The molecule has 276 valence electrons. The first kappa shape index (κ1) is 34.3. The molecule has 5 aromatic heterocycles. The first-order valence-corrected chi connectivity index (χ1v) is 19.8. The third-order valence-corrected chi connectivity index (χ3v) is 12.4. The highest BCUT2D eigenvalue weighted by atomic mass is 32.1. The number of piperazine rings is 1. The summed E-state index contributed by atoms with van der Waals surface area (Å²) in [5.74, 6) is 0.883. The molecule has 4 aliphatic rings. The maximum Gasteiger partial charge on any atom is 0.234 e. The maximum atomic E-state index is 12.3. The third kappa shape index (κ3) is 6.99. The number of imide groups is 1. The second-order valence-corrected chi connectivity index (χ2v) is 15.8. The Morgan fingerprint density at radius 1 is 0.889 bits per heavy atom. The van der Waals surface area contributed by atoms with Crippen LogP contribution in [0.2, 0.25) is 0 Å². The molecule has 15 heteroatoms. The lowest BCUT2D eigenvalue weighted by molar-refractivity contribution is -0.134. The number of hydrogen-bond acceptors (Lipinski definition) is 13. The van der Waals surface area contributed by atoms with Crippen LogP contribution in [0.5, 0.6) is 0 Å². The summed E-state index contributed by atoms with van der Waals surface area (Å²) in [6, 6.07) is 14.5. The minimum atomic E-state index is -0.302. The minimum Gasteiger partial charge on any atom is -0.382 e. The molecule has 4 fully saturated rings. The number of fused-ring (bicyclic) bond motifs is 1. The SMILES string of the molecule is N#Cc1cnn2c(-c3cc(NC4CCC4)c(-c4nnc(N5CCN(CC6CCN(c7ccc([C@H]8CCC(=O)NC8=O)cn7)CC6)CC5)s4)cn3)ccc2c1. The topological polar surface area (TPSA) is 161 Å². The van der Waals surface area contributed by atoms with Gasteiger partial charge in [0.05, 0.1) is 40.1 Å². The van der Waals surface area contributed by atoms with Crippen LogP contribution in [-0.2, 0) is 9.59 Å². The predicted octanol–water partition coefficient (Wildman–Crippen LogP) is 4.70. The van der Waals surface area contributed by atoms with E-state index in [1.807, 2.05) is 41.0 Å². The Morgan fingerprint density at radius 3 is 2.48 bits per heavy atom. The van der Waals surface area contributed by atoms with E-state index in [2.05, 4.69) is 52.8 Å². The first-order valence-electron chi connectivity index (χ1n) is 19.0. The number of nitriles is 1. The lowest BCUT2D eigenvalue weighted by atomic mass is 9.91. The predicted molar refractivity (Wildman–Crippen MR) is 206 cm³/mol.